The smallest absolute Gasteiger partial charge is 0.407 e. The number of carbonyl (C=O) groups is 3. The molecule has 34 heavy (non-hydrogen) atoms. The molecule has 0 aliphatic carbocycles. The number of aryl methyl sites for hydroxylation is 1. The van der Waals surface area contributed by atoms with Gasteiger partial charge in [0.15, 0.2) is 0 Å². The van der Waals surface area contributed by atoms with Crippen LogP contribution in [0.15, 0.2) is 48.5 Å². The van der Waals surface area contributed by atoms with E-state index < -0.39 is 11.7 Å². The van der Waals surface area contributed by atoms with Gasteiger partial charge in [-0.1, -0.05) is 30.3 Å². The Bertz CT molecular complexity index is 952. The van der Waals surface area contributed by atoms with Gasteiger partial charge >= 0.3 is 6.09 Å². The SMILES string of the molecule is Cc1ccccc1OCCCC(=O)Nc1ccc(CNC(=O)CCNC(=O)OC(C)(C)C)cc1. The molecule has 8 heteroatoms. The Morgan fingerprint density at radius 3 is 2.26 bits per heavy atom. The van der Waals surface area contributed by atoms with Crippen LogP contribution in [0.3, 0.4) is 0 Å². The first-order chi connectivity index (χ1) is 16.1. The molecule has 2 rings (SSSR count). The van der Waals surface area contributed by atoms with E-state index in [-0.39, 0.29) is 24.8 Å². The van der Waals surface area contributed by atoms with Crippen LogP contribution >= 0.6 is 0 Å². The molecule has 2 aromatic carbocycles. The zero-order valence-electron chi connectivity index (χ0n) is 20.4. The van der Waals surface area contributed by atoms with Crippen LogP contribution in [0.4, 0.5) is 10.5 Å². The van der Waals surface area contributed by atoms with Crippen molar-refractivity contribution >= 4 is 23.6 Å². The number of hydrogen-bond acceptors (Lipinski definition) is 5. The lowest BCUT2D eigenvalue weighted by Gasteiger charge is -2.19. The molecule has 0 radical (unpaired) electrons. The van der Waals surface area contributed by atoms with Crippen molar-refractivity contribution in [1.29, 1.82) is 0 Å². The summed E-state index contributed by atoms with van der Waals surface area (Å²) >= 11 is 0. The van der Waals surface area contributed by atoms with Crippen molar-refractivity contribution in [3.8, 4) is 5.75 Å². The summed E-state index contributed by atoms with van der Waals surface area (Å²) in [6.07, 6.45) is 0.589. The van der Waals surface area contributed by atoms with E-state index in [1.165, 1.54) is 0 Å². The molecule has 0 saturated carbocycles. The quantitative estimate of drug-likeness (QED) is 0.425. The van der Waals surface area contributed by atoms with Gasteiger partial charge < -0.3 is 25.4 Å². The number of rotatable bonds is 11. The van der Waals surface area contributed by atoms with Crippen molar-refractivity contribution in [3.05, 3.63) is 59.7 Å². The second kappa shape index (κ2) is 13.2. The standard InChI is InChI=1S/C26H35N3O5/c1-19-8-5-6-9-22(19)33-17-7-10-24(31)29-21-13-11-20(12-14-21)18-28-23(30)15-16-27-25(32)34-26(2,3)4/h5-6,8-9,11-14H,7,10,15-18H2,1-4H3,(H,27,32)(H,28,30)(H,29,31). The second-order valence-electron chi connectivity index (χ2n) is 8.92. The summed E-state index contributed by atoms with van der Waals surface area (Å²) in [6, 6.07) is 15.1. The summed E-state index contributed by atoms with van der Waals surface area (Å²) in [5, 5.41) is 8.22. The summed E-state index contributed by atoms with van der Waals surface area (Å²) in [5.74, 6) is 0.582. The summed E-state index contributed by atoms with van der Waals surface area (Å²) in [7, 11) is 0. The monoisotopic (exact) mass is 469 g/mol. The largest absolute Gasteiger partial charge is 0.493 e. The van der Waals surface area contributed by atoms with Crippen molar-refractivity contribution in [2.24, 2.45) is 0 Å². The van der Waals surface area contributed by atoms with E-state index in [0.717, 1.165) is 16.9 Å². The van der Waals surface area contributed by atoms with Crippen LogP contribution in [-0.4, -0.2) is 36.7 Å². The highest BCUT2D eigenvalue weighted by atomic mass is 16.6. The molecule has 0 aliphatic heterocycles. The van der Waals surface area contributed by atoms with Gasteiger partial charge in [-0.05, 0) is 63.4 Å². The van der Waals surface area contributed by atoms with Gasteiger partial charge in [0.1, 0.15) is 11.4 Å². The lowest BCUT2D eigenvalue weighted by atomic mass is 10.2. The zero-order chi connectivity index (χ0) is 25.0. The maximum atomic E-state index is 12.2. The molecule has 0 aromatic heterocycles. The molecule has 0 atom stereocenters. The molecule has 0 saturated heterocycles. The first kappa shape index (κ1) is 26.7. The van der Waals surface area contributed by atoms with Crippen LogP contribution in [0.5, 0.6) is 5.75 Å². The van der Waals surface area contributed by atoms with Gasteiger partial charge in [0.25, 0.3) is 0 Å². The van der Waals surface area contributed by atoms with Crippen molar-refractivity contribution in [3.63, 3.8) is 0 Å². The maximum Gasteiger partial charge on any atom is 0.407 e. The molecular weight excluding hydrogens is 434 g/mol. The Kier molecular flexibility index (Phi) is 10.4. The Labute approximate surface area is 201 Å². The van der Waals surface area contributed by atoms with Crippen LogP contribution in [-0.2, 0) is 20.9 Å². The number of alkyl carbamates (subject to hydrolysis) is 1. The number of carbonyl (C=O) groups excluding carboxylic acids is 3. The van der Waals surface area contributed by atoms with Gasteiger partial charge in [0.2, 0.25) is 11.8 Å². The van der Waals surface area contributed by atoms with Crippen molar-refractivity contribution in [2.75, 3.05) is 18.5 Å². The molecule has 8 nitrogen and oxygen atoms in total. The minimum absolute atomic E-state index is 0.0769. The van der Waals surface area contributed by atoms with E-state index in [1.54, 1.807) is 32.9 Å². The van der Waals surface area contributed by atoms with Crippen LogP contribution in [0.2, 0.25) is 0 Å². The van der Waals surface area contributed by atoms with E-state index in [2.05, 4.69) is 16.0 Å². The highest BCUT2D eigenvalue weighted by molar-refractivity contribution is 5.90. The molecule has 0 bridgehead atoms. The normalized spacial score (nSPS) is 10.8. The third-order valence-corrected chi connectivity index (χ3v) is 4.65. The highest BCUT2D eigenvalue weighted by Gasteiger charge is 2.15. The lowest BCUT2D eigenvalue weighted by Crippen LogP contribution is -2.35. The Morgan fingerprint density at radius 2 is 1.59 bits per heavy atom. The predicted molar refractivity (Wildman–Crippen MR) is 132 cm³/mol. The van der Waals surface area contributed by atoms with Crippen molar-refractivity contribution in [1.82, 2.24) is 10.6 Å². The maximum absolute atomic E-state index is 12.2. The highest BCUT2D eigenvalue weighted by Crippen LogP contribution is 2.16. The molecule has 0 spiro atoms. The lowest BCUT2D eigenvalue weighted by molar-refractivity contribution is -0.121. The molecule has 0 fully saturated rings. The fourth-order valence-corrected chi connectivity index (χ4v) is 2.94. The Morgan fingerprint density at radius 1 is 0.882 bits per heavy atom. The number of hydrogen-bond donors (Lipinski definition) is 3. The van der Waals surface area contributed by atoms with Crippen LogP contribution in [0.1, 0.15) is 51.2 Å². The zero-order valence-corrected chi connectivity index (χ0v) is 20.4. The Hall–Kier alpha value is -3.55. The van der Waals surface area contributed by atoms with Crippen LogP contribution in [0, 0.1) is 6.92 Å². The first-order valence-electron chi connectivity index (χ1n) is 11.4. The van der Waals surface area contributed by atoms with Crippen LogP contribution in [0.25, 0.3) is 0 Å². The third kappa shape index (κ3) is 10.8. The molecule has 3 amide bonds. The molecule has 0 unspecified atom stereocenters. The van der Waals surface area contributed by atoms with Gasteiger partial charge in [-0.25, -0.2) is 4.79 Å². The summed E-state index contributed by atoms with van der Waals surface area (Å²) in [4.78, 5) is 35.7. The number of para-hydroxylation sites is 1. The average Bonchev–Trinajstić information content (AvgIpc) is 2.76. The third-order valence-electron chi connectivity index (χ3n) is 4.65. The summed E-state index contributed by atoms with van der Waals surface area (Å²) in [6.45, 7) is 8.35. The minimum Gasteiger partial charge on any atom is -0.493 e. The molecule has 0 heterocycles. The number of anilines is 1. The van der Waals surface area contributed by atoms with E-state index in [1.807, 2.05) is 43.3 Å². The number of nitrogens with one attached hydrogen (secondary N) is 3. The molecule has 2 aromatic rings. The number of benzene rings is 2. The van der Waals surface area contributed by atoms with Gasteiger partial charge in [-0.15, -0.1) is 0 Å². The second-order valence-corrected chi connectivity index (χ2v) is 8.92. The topological polar surface area (TPSA) is 106 Å². The van der Waals surface area contributed by atoms with E-state index >= 15 is 0 Å². The summed E-state index contributed by atoms with van der Waals surface area (Å²) in [5.41, 5.74) is 2.09. The summed E-state index contributed by atoms with van der Waals surface area (Å²) < 4.78 is 10.8. The number of amides is 3. The van der Waals surface area contributed by atoms with E-state index in [4.69, 9.17) is 9.47 Å². The molecule has 184 valence electrons. The van der Waals surface area contributed by atoms with E-state index in [0.29, 0.717) is 31.7 Å². The predicted octanol–water partition coefficient (Wildman–Crippen LogP) is 4.32. The van der Waals surface area contributed by atoms with E-state index in [9.17, 15) is 14.4 Å². The van der Waals surface area contributed by atoms with Gasteiger partial charge in [0.05, 0.1) is 6.61 Å². The van der Waals surface area contributed by atoms with Gasteiger partial charge in [-0.3, -0.25) is 9.59 Å². The van der Waals surface area contributed by atoms with Crippen molar-refractivity contribution in [2.45, 2.75) is 59.1 Å². The van der Waals surface area contributed by atoms with Gasteiger partial charge in [-0.2, -0.15) is 0 Å². The van der Waals surface area contributed by atoms with Gasteiger partial charge in [0, 0.05) is 31.6 Å². The molecule has 0 aliphatic rings. The Balaban J connectivity index is 1.62. The molecule has 3 N–H and O–H groups in total. The van der Waals surface area contributed by atoms with Crippen LogP contribution < -0.4 is 20.7 Å². The molecular formula is C26H35N3O5. The van der Waals surface area contributed by atoms with Crippen molar-refractivity contribution < 1.29 is 23.9 Å². The fourth-order valence-electron chi connectivity index (χ4n) is 2.94. The average molecular weight is 470 g/mol. The number of ether oxygens (including phenoxy) is 2. The minimum atomic E-state index is -0.575. The first-order valence-corrected chi connectivity index (χ1v) is 11.4. The fraction of sp³-hybridized carbons (Fsp3) is 0.423.